The molecular weight excluding hydrogens is 484 g/mol. The van der Waals surface area contributed by atoms with Crippen LogP contribution in [0.15, 0.2) is 54.6 Å². The van der Waals surface area contributed by atoms with Crippen LogP contribution in [0.2, 0.25) is 0 Å². The molecule has 1 aliphatic heterocycles. The highest BCUT2D eigenvalue weighted by Crippen LogP contribution is 2.27. The predicted octanol–water partition coefficient (Wildman–Crippen LogP) is 2.06. The van der Waals surface area contributed by atoms with Gasteiger partial charge in [0.15, 0.2) is 0 Å². The Morgan fingerprint density at radius 2 is 1.71 bits per heavy atom. The minimum absolute atomic E-state index is 0.0191. The number of hydrogen-bond acceptors (Lipinski definition) is 5. The van der Waals surface area contributed by atoms with Crippen LogP contribution in [0.4, 0.5) is 0 Å². The lowest BCUT2D eigenvalue weighted by molar-refractivity contribution is -0.137. The first-order valence-corrected chi connectivity index (χ1v) is 13.2. The maximum Gasteiger partial charge on any atom is 0.255 e. The van der Waals surface area contributed by atoms with Gasteiger partial charge < -0.3 is 25.6 Å². The lowest BCUT2D eigenvalue weighted by Crippen LogP contribution is -2.51. The van der Waals surface area contributed by atoms with Gasteiger partial charge in [-0.25, -0.2) is 0 Å². The number of benzene rings is 2. The monoisotopic (exact) mass is 520 g/mol. The maximum absolute atomic E-state index is 13.3. The number of carbonyl (C=O) groups is 4. The number of nitrogens with one attached hydrogen (secondary N) is 3. The van der Waals surface area contributed by atoms with E-state index in [2.05, 4.69) is 16.0 Å². The minimum atomic E-state index is -0.898. The molecule has 1 aliphatic carbocycles. The van der Waals surface area contributed by atoms with Gasteiger partial charge in [0.25, 0.3) is 5.91 Å². The molecule has 2 aromatic carbocycles. The van der Waals surface area contributed by atoms with E-state index in [0.717, 1.165) is 18.4 Å². The topological polar surface area (TPSA) is 117 Å². The van der Waals surface area contributed by atoms with E-state index >= 15 is 0 Å². The molecule has 0 bridgehead atoms. The van der Waals surface area contributed by atoms with Crippen molar-refractivity contribution in [1.82, 2.24) is 20.9 Å². The Balaban J connectivity index is 1.60. The van der Waals surface area contributed by atoms with Crippen molar-refractivity contribution in [2.45, 2.75) is 57.2 Å². The smallest absolute Gasteiger partial charge is 0.255 e. The van der Waals surface area contributed by atoms with Gasteiger partial charge in [-0.2, -0.15) is 0 Å². The quantitative estimate of drug-likeness (QED) is 0.558. The molecule has 3 atom stereocenters. The summed E-state index contributed by atoms with van der Waals surface area (Å²) in [7, 11) is 1.69. The number of carbonyl (C=O) groups excluding carboxylic acids is 4. The van der Waals surface area contributed by atoms with Crippen molar-refractivity contribution in [3.05, 3.63) is 65.7 Å². The molecule has 2 aromatic rings. The molecule has 4 amide bonds. The largest absolute Gasteiger partial charge is 0.491 e. The number of hydrogen-bond donors (Lipinski definition) is 3. The van der Waals surface area contributed by atoms with Gasteiger partial charge in [-0.3, -0.25) is 19.2 Å². The van der Waals surface area contributed by atoms with Crippen LogP contribution in [0.3, 0.4) is 0 Å². The van der Waals surface area contributed by atoms with Crippen LogP contribution in [0.1, 0.15) is 48.5 Å². The molecule has 2 aliphatic rings. The number of nitrogens with zero attached hydrogens (tertiary/aromatic N) is 1. The standard InChI is InChI=1S/C29H36N4O5/c1-19-29(37)33(2)22(16-20-8-4-3-5-9-20)18-38-25-11-7-6-10-23(25)27(35)32-24(14-15-26(34)31-19)28(36)30-17-21-12-13-21/h3-11,19,21-22,24H,12-18H2,1-2H3,(H,30,36)(H,31,34)(H,32,35)/t19-,22+,24-/m0/s1. The molecule has 0 radical (unpaired) electrons. The van der Waals surface area contributed by atoms with Crippen molar-refractivity contribution in [1.29, 1.82) is 0 Å². The molecule has 38 heavy (non-hydrogen) atoms. The van der Waals surface area contributed by atoms with E-state index in [1.54, 1.807) is 43.1 Å². The van der Waals surface area contributed by atoms with Crippen LogP contribution < -0.4 is 20.7 Å². The summed E-state index contributed by atoms with van der Waals surface area (Å²) in [5.41, 5.74) is 1.31. The van der Waals surface area contributed by atoms with E-state index in [1.807, 2.05) is 30.3 Å². The molecule has 4 rings (SSSR count). The molecule has 1 heterocycles. The maximum atomic E-state index is 13.3. The summed E-state index contributed by atoms with van der Waals surface area (Å²) in [6.07, 6.45) is 2.77. The molecule has 9 nitrogen and oxygen atoms in total. The zero-order chi connectivity index (χ0) is 27.1. The van der Waals surface area contributed by atoms with Gasteiger partial charge >= 0.3 is 0 Å². The summed E-state index contributed by atoms with van der Waals surface area (Å²) in [5, 5.41) is 8.44. The molecule has 202 valence electrons. The second-order valence-corrected chi connectivity index (χ2v) is 10.1. The lowest BCUT2D eigenvalue weighted by Gasteiger charge is -2.31. The molecule has 9 heteroatoms. The number of para-hydroxylation sites is 1. The zero-order valence-corrected chi connectivity index (χ0v) is 21.9. The normalized spacial score (nSPS) is 23.2. The zero-order valence-electron chi connectivity index (χ0n) is 21.9. The third-order valence-corrected chi connectivity index (χ3v) is 7.06. The van der Waals surface area contributed by atoms with Crippen LogP contribution in [0, 0.1) is 5.92 Å². The van der Waals surface area contributed by atoms with Crippen molar-refractivity contribution >= 4 is 23.6 Å². The summed E-state index contributed by atoms with van der Waals surface area (Å²) in [6.45, 7) is 2.33. The van der Waals surface area contributed by atoms with Gasteiger partial charge in [0.2, 0.25) is 17.7 Å². The van der Waals surface area contributed by atoms with E-state index in [4.69, 9.17) is 4.74 Å². The average Bonchev–Trinajstić information content (AvgIpc) is 3.76. The molecule has 0 saturated heterocycles. The number of fused-ring (bicyclic) bond motifs is 1. The Morgan fingerprint density at radius 1 is 1.00 bits per heavy atom. The molecule has 0 unspecified atom stereocenters. The van der Waals surface area contributed by atoms with Crippen LogP contribution in [0.25, 0.3) is 0 Å². The minimum Gasteiger partial charge on any atom is -0.491 e. The van der Waals surface area contributed by atoms with Crippen molar-refractivity contribution < 1.29 is 23.9 Å². The Morgan fingerprint density at radius 3 is 2.45 bits per heavy atom. The van der Waals surface area contributed by atoms with Crippen LogP contribution in [-0.2, 0) is 20.8 Å². The summed E-state index contributed by atoms with van der Waals surface area (Å²) >= 11 is 0. The highest BCUT2D eigenvalue weighted by molar-refractivity contribution is 5.99. The molecule has 1 saturated carbocycles. The summed E-state index contributed by atoms with van der Waals surface area (Å²) in [5.74, 6) is -0.564. The van der Waals surface area contributed by atoms with Crippen molar-refractivity contribution in [3.63, 3.8) is 0 Å². The van der Waals surface area contributed by atoms with E-state index in [1.165, 1.54) is 0 Å². The van der Waals surface area contributed by atoms with Gasteiger partial charge in [-0.05, 0) is 56.2 Å². The highest BCUT2D eigenvalue weighted by Gasteiger charge is 2.30. The summed E-state index contributed by atoms with van der Waals surface area (Å²) < 4.78 is 6.13. The number of amides is 4. The van der Waals surface area contributed by atoms with Crippen LogP contribution in [-0.4, -0.2) is 66.9 Å². The third-order valence-electron chi connectivity index (χ3n) is 7.06. The molecule has 3 N–H and O–H groups in total. The summed E-state index contributed by atoms with van der Waals surface area (Å²) in [4.78, 5) is 53.8. The third kappa shape index (κ3) is 7.34. The number of ether oxygens (including phenoxy) is 1. The second kappa shape index (κ2) is 12.6. The molecule has 0 spiro atoms. The Labute approximate surface area is 223 Å². The van der Waals surface area contributed by atoms with Gasteiger partial charge in [0, 0.05) is 20.0 Å². The van der Waals surface area contributed by atoms with Crippen molar-refractivity contribution in [3.8, 4) is 5.75 Å². The van der Waals surface area contributed by atoms with Crippen molar-refractivity contribution in [2.24, 2.45) is 5.92 Å². The first-order valence-electron chi connectivity index (χ1n) is 13.2. The fourth-order valence-corrected chi connectivity index (χ4v) is 4.49. The van der Waals surface area contributed by atoms with Crippen LogP contribution in [0.5, 0.6) is 5.75 Å². The van der Waals surface area contributed by atoms with Crippen LogP contribution >= 0.6 is 0 Å². The highest BCUT2D eigenvalue weighted by atomic mass is 16.5. The van der Waals surface area contributed by atoms with Gasteiger partial charge in [-0.15, -0.1) is 0 Å². The molecule has 1 fully saturated rings. The Hall–Kier alpha value is -3.88. The van der Waals surface area contributed by atoms with E-state index < -0.39 is 18.0 Å². The first kappa shape index (κ1) is 27.2. The Bertz CT molecular complexity index is 1150. The molecular formula is C29H36N4O5. The van der Waals surface area contributed by atoms with Gasteiger partial charge in [0.1, 0.15) is 24.4 Å². The average molecular weight is 521 g/mol. The predicted molar refractivity (Wildman–Crippen MR) is 142 cm³/mol. The van der Waals surface area contributed by atoms with Gasteiger partial charge in [-0.1, -0.05) is 42.5 Å². The summed E-state index contributed by atoms with van der Waals surface area (Å²) in [6, 6.07) is 14.6. The lowest BCUT2D eigenvalue weighted by atomic mass is 10.0. The van der Waals surface area contributed by atoms with Gasteiger partial charge in [0.05, 0.1) is 11.6 Å². The SMILES string of the molecule is C[C@@H]1NC(=O)CC[C@@H](C(=O)NCC2CC2)NC(=O)c2ccccc2OC[C@@H](Cc2ccccc2)N(C)C1=O. The number of rotatable bonds is 5. The molecule has 0 aromatic heterocycles. The fraction of sp³-hybridized carbons (Fsp3) is 0.448. The first-order chi connectivity index (χ1) is 18.3. The Kier molecular flexibility index (Phi) is 8.99. The number of likely N-dealkylation sites (N-methyl/N-ethyl adjacent to an activating group) is 1. The van der Waals surface area contributed by atoms with E-state index in [0.29, 0.717) is 24.6 Å². The second-order valence-electron chi connectivity index (χ2n) is 10.1. The van der Waals surface area contributed by atoms with Crippen molar-refractivity contribution in [2.75, 3.05) is 20.2 Å². The van der Waals surface area contributed by atoms with E-state index in [9.17, 15) is 19.2 Å². The van der Waals surface area contributed by atoms with E-state index in [-0.39, 0.29) is 48.8 Å². The fourth-order valence-electron chi connectivity index (χ4n) is 4.49.